The fraction of sp³-hybridized carbons (Fsp3) is 0. The third kappa shape index (κ3) is 2.95. The fourth-order valence-electron chi connectivity index (χ4n) is 2.40. The van der Waals surface area contributed by atoms with Crippen LogP contribution in [0, 0.1) is 20.2 Å². The van der Waals surface area contributed by atoms with Crippen LogP contribution in [0.3, 0.4) is 0 Å². The van der Waals surface area contributed by atoms with Crippen LogP contribution in [0.1, 0.15) is 0 Å². The molecule has 3 rings (SSSR count). The normalized spacial score (nSPS) is 10.3. The van der Waals surface area contributed by atoms with Crippen molar-refractivity contribution in [2.75, 3.05) is 0 Å². The molecule has 2 aromatic carbocycles. The molecule has 0 bridgehead atoms. The van der Waals surface area contributed by atoms with Crippen LogP contribution >= 0.6 is 0 Å². The van der Waals surface area contributed by atoms with Gasteiger partial charge in [-0.2, -0.15) is 4.57 Å². The molecule has 0 spiro atoms. The monoisotopic (exact) mass is 322 g/mol. The van der Waals surface area contributed by atoms with E-state index in [9.17, 15) is 20.2 Å². The van der Waals surface area contributed by atoms with Crippen LogP contribution in [0.2, 0.25) is 0 Å². The predicted octanol–water partition coefficient (Wildman–Crippen LogP) is 3.45. The Kier molecular flexibility index (Phi) is 3.98. The highest BCUT2D eigenvalue weighted by Crippen LogP contribution is 2.25. The van der Waals surface area contributed by atoms with E-state index >= 15 is 0 Å². The Bertz CT molecular complexity index is 909. The molecule has 7 nitrogen and oxygen atoms in total. The van der Waals surface area contributed by atoms with Crippen molar-refractivity contribution in [2.45, 2.75) is 0 Å². The highest BCUT2D eigenvalue weighted by atomic mass is 16.6. The third-order valence-corrected chi connectivity index (χ3v) is 3.58. The van der Waals surface area contributed by atoms with Crippen LogP contribution in [0.4, 0.5) is 11.4 Å². The summed E-state index contributed by atoms with van der Waals surface area (Å²) in [5.74, 6) is 0. The molecule has 0 saturated carbocycles. The summed E-state index contributed by atoms with van der Waals surface area (Å²) in [7, 11) is 0. The van der Waals surface area contributed by atoms with Gasteiger partial charge in [0.2, 0.25) is 0 Å². The highest BCUT2D eigenvalue weighted by Gasteiger charge is 2.26. The molecule has 0 radical (unpaired) electrons. The van der Waals surface area contributed by atoms with E-state index in [0.717, 1.165) is 17.2 Å². The first kappa shape index (κ1) is 15.3. The lowest BCUT2D eigenvalue weighted by Gasteiger charge is -2.01. The second-order valence-corrected chi connectivity index (χ2v) is 5.05. The van der Waals surface area contributed by atoms with Crippen LogP contribution < -0.4 is 4.57 Å². The van der Waals surface area contributed by atoms with Gasteiger partial charge in [-0.15, -0.1) is 0 Å². The Balaban J connectivity index is 2.03. The fourth-order valence-corrected chi connectivity index (χ4v) is 2.40. The zero-order chi connectivity index (χ0) is 17.1. The Hall–Kier alpha value is -3.61. The van der Waals surface area contributed by atoms with E-state index in [2.05, 4.69) is 0 Å². The summed E-state index contributed by atoms with van der Waals surface area (Å²) in [6.45, 7) is 0. The maximum absolute atomic E-state index is 11.2. The molecule has 0 aliphatic heterocycles. The van der Waals surface area contributed by atoms with Crippen LogP contribution in [-0.2, 0) is 0 Å². The van der Waals surface area contributed by atoms with Crippen molar-refractivity contribution < 1.29 is 14.4 Å². The Morgan fingerprint density at radius 1 is 0.750 bits per heavy atom. The number of non-ortho nitro benzene ring substituents is 1. The number of rotatable bonds is 4. The third-order valence-electron chi connectivity index (χ3n) is 3.58. The number of hydrogen-bond acceptors (Lipinski definition) is 4. The van der Waals surface area contributed by atoms with Gasteiger partial charge in [-0.3, -0.25) is 20.2 Å². The van der Waals surface area contributed by atoms with Crippen LogP contribution in [0.15, 0.2) is 73.1 Å². The van der Waals surface area contributed by atoms with Crippen molar-refractivity contribution in [1.29, 1.82) is 0 Å². The average Bonchev–Trinajstić information content (AvgIpc) is 2.62. The molecule has 0 atom stereocenters. The SMILES string of the molecule is O=[N+]([O-])c1ccc(-[n+]2ccc(-c3ccccc3)cc2)c([N+](=O)[O-])c1. The van der Waals surface area contributed by atoms with Gasteiger partial charge in [-0.1, -0.05) is 30.3 Å². The minimum atomic E-state index is -0.653. The number of aromatic nitrogens is 1. The topological polar surface area (TPSA) is 90.2 Å². The summed E-state index contributed by atoms with van der Waals surface area (Å²) in [5, 5.41) is 22.0. The molecule has 118 valence electrons. The lowest BCUT2D eigenvalue weighted by Crippen LogP contribution is -2.30. The lowest BCUT2D eigenvalue weighted by molar-refractivity contribution is -0.600. The maximum Gasteiger partial charge on any atom is 0.347 e. The quantitative estimate of drug-likeness (QED) is 0.418. The molecule has 0 fully saturated rings. The second-order valence-electron chi connectivity index (χ2n) is 5.05. The van der Waals surface area contributed by atoms with Gasteiger partial charge in [-0.25, -0.2) is 0 Å². The molecule has 0 N–H and O–H groups in total. The second kappa shape index (κ2) is 6.25. The van der Waals surface area contributed by atoms with Crippen molar-refractivity contribution in [1.82, 2.24) is 0 Å². The Morgan fingerprint density at radius 2 is 1.38 bits per heavy atom. The molecule has 0 aliphatic carbocycles. The molecule has 24 heavy (non-hydrogen) atoms. The largest absolute Gasteiger partial charge is 0.347 e. The number of hydrogen-bond donors (Lipinski definition) is 0. The van der Waals surface area contributed by atoms with Crippen molar-refractivity contribution in [2.24, 2.45) is 0 Å². The first-order valence-electron chi connectivity index (χ1n) is 7.06. The van der Waals surface area contributed by atoms with Crippen molar-refractivity contribution >= 4 is 11.4 Å². The highest BCUT2D eigenvalue weighted by molar-refractivity contribution is 5.62. The van der Waals surface area contributed by atoms with Crippen LogP contribution in [0.5, 0.6) is 0 Å². The van der Waals surface area contributed by atoms with E-state index in [0.29, 0.717) is 0 Å². The number of nitrogens with zero attached hydrogens (tertiary/aromatic N) is 3. The molecule has 1 aromatic heterocycles. The molecule has 0 aliphatic rings. The van der Waals surface area contributed by atoms with E-state index in [1.54, 1.807) is 17.0 Å². The summed E-state index contributed by atoms with van der Waals surface area (Å²) in [4.78, 5) is 20.8. The standard InChI is InChI=1S/C17H12N3O4/c21-19(22)15-6-7-16(17(12-15)20(23)24)18-10-8-14(9-11-18)13-4-2-1-3-5-13/h1-12H/q+1. The molecule has 0 saturated heterocycles. The Labute approximate surface area is 136 Å². The maximum atomic E-state index is 11.2. The number of nitro benzene ring substituents is 2. The van der Waals surface area contributed by atoms with Gasteiger partial charge in [0.25, 0.3) is 11.4 Å². The van der Waals surface area contributed by atoms with E-state index in [-0.39, 0.29) is 17.1 Å². The van der Waals surface area contributed by atoms with Gasteiger partial charge in [0.1, 0.15) is 6.07 Å². The van der Waals surface area contributed by atoms with Gasteiger partial charge in [0.05, 0.1) is 9.85 Å². The van der Waals surface area contributed by atoms with Gasteiger partial charge < -0.3 is 0 Å². The summed E-state index contributed by atoms with van der Waals surface area (Å²) < 4.78 is 1.56. The van der Waals surface area contributed by atoms with Crippen LogP contribution in [-0.4, -0.2) is 9.85 Å². The van der Waals surface area contributed by atoms with Gasteiger partial charge in [0, 0.05) is 24.3 Å². The summed E-state index contributed by atoms with van der Waals surface area (Å²) in [6.07, 6.45) is 3.38. The van der Waals surface area contributed by atoms with E-state index in [1.165, 1.54) is 12.1 Å². The molecule has 3 aromatic rings. The van der Waals surface area contributed by atoms with E-state index in [1.807, 2.05) is 42.5 Å². The van der Waals surface area contributed by atoms with Gasteiger partial charge >= 0.3 is 5.69 Å². The van der Waals surface area contributed by atoms with Gasteiger partial charge in [0.15, 0.2) is 12.4 Å². The summed E-state index contributed by atoms with van der Waals surface area (Å²) in [6, 6.07) is 17.0. The molecule has 0 unspecified atom stereocenters. The van der Waals surface area contributed by atoms with Gasteiger partial charge in [-0.05, 0) is 11.1 Å². The minimum Gasteiger partial charge on any atom is -0.258 e. The van der Waals surface area contributed by atoms with Crippen LogP contribution in [0.25, 0.3) is 16.8 Å². The number of pyridine rings is 1. The zero-order valence-electron chi connectivity index (χ0n) is 12.4. The first-order valence-corrected chi connectivity index (χ1v) is 7.06. The predicted molar refractivity (Wildman–Crippen MR) is 86.7 cm³/mol. The number of nitro groups is 2. The van der Waals surface area contributed by atoms with Crippen molar-refractivity contribution in [3.05, 3.63) is 93.3 Å². The summed E-state index contributed by atoms with van der Waals surface area (Å²) >= 11 is 0. The number of benzene rings is 2. The first-order chi connectivity index (χ1) is 11.6. The smallest absolute Gasteiger partial charge is 0.258 e. The lowest BCUT2D eigenvalue weighted by atomic mass is 10.1. The van der Waals surface area contributed by atoms with E-state index < -0.39 is 9.85 Å². The molecule has 0 amide bonds. The Morgan fingerprint density at radius 3 is 1.96 bits per heavy atom. The average molecular weight is 322 g/mol. The molecular formula is C17H12N3O4+. The van der Waals surface area contributed by atoms with E-state index in [4.69, 9.17) is 0 Å². The van der Waals surface area contributed by atoms with Crippen molar-refractivity contribution in [3.63, 3.8) is 0 Å². The van der Waals surface area contributed by atoms with Crippen molar-refractivity contribution in [3.8, 4) is 16.8 Å². The molecule has 1 heterocycles. The molecular weight excluding hydrogens is 310 g/mol. The molecule has 7 heteroatoms. The summed E-state index contributed by atoms with van der Waals surface area (Å²) in [5.41, 5.74) is 1.64. The zero-order valence-corrected chi connectivity index (χ0v) is 12.4. The minimum absolute atomic E-state index is 0.269.